The number of amides is 2. The van der Waals surface area contributed by atoms with Gasteiger partial charge in [-0.3, -0.25) is 14.9 Å². The Morgan fingerprint density at radius 1 is 1.58 bits per heavy atom. The van der Waals surface area contributed by atoms with E-state index in [1.807, 2.05) is 0 Å². The molecule has 104 valence electrons. The maximum absolute atomic E-state index is 13.0. The van der Waals surface area contributed by atoms with Crippen LogP contribution in [0.3, 0.4) is 0 Å². The van der Waals surface area contributed by atoms with Crippen molar-refractivity contribution < 1.29 is 18.4 Å². The van der Waals surface area contributed by atoms with Crippen molar-refractivity contribution in [2.45, 2.75) is 18.4 Å². The smallest absolute Gasteiger partial charge is 0.265 e. The van der Waals surface area contributed by atoms with Gasteiger partial charge in [0.05, 0.1) is 18.3 Å². The summed E-state index contributed by atoms with van der Waals surface area (Å²) in [7, 11) is 1.59. The Kier molecular flexibility index (Phi) is 3.27. The molecule has 2 heterocycles. The van der Waals surface area contributed by atoms with Gasteiger partial charge >= 0.3 is 0 Å². The molecule has 1 fully saturated rings. The number of aryl methyl sites for hydroxylation is 1. The van der Waals surface area contributed by atoms with Crippen LogP contribution in [0.2, 0.25) is 0 Å². The normalized spacial score (nSPS) is 21.3. The van der Waals surface area contributed by atoms with Gasteiger partial charge in [-0.1, -0.05) is 0 Å². The minimum Gasteiger partial charge on any atom is -0.364 e. The quantitative estimate of drug-likeness (QED) is 0.727. The van der Waals surface area contributed by atoms with Crippen LogP contribution < -0.4 is 16.4 Å². The number of halogens is 2. The summed E-state index contributed by atoms with van der Waals surface area (Å²) in [5.41, 5.74) is 5.70. The van der Waals surface area contributed by atoms with Gasteiger partial charge in [-0.25, -0.2) is 8.78 Å². The van der Waals surface area contributed by atoms with Crippen molar-refractivity contribution in [1.29, 1.82) is 0 Å². The lowest BCUT2D eigenvalue weighted by Gasteiger charge is -2.09. The number of aromatic nitrogens is 1. The van der Waals surface area contributed by atoms with E-state index in [9.17, 15) is 18.4 Å². The zero-order valence-electron chi connectivity index (χ0n) is 10.2. The van der Waals surface area contributed by atoms with Crippen molar-refractivity contribution in [3.63, 3.8) is 0 Å². The topological polar surface area (TPSA) is 89.2 Å². The summed E-state index contributed by atoms with van der Waals surface area (Å²) < 4.78 is 27.4. The number of carbonyl (C=O) groups excluding carboxylic acids is 2. The molecule has 0 bridgehead atoms. The minimum atomic E-state index is -2.86. The highest BCUT2D eigenvalue weighted by atomic mass is 19.3. The van der Waals surface area contributed by atoms with Crippen LogP contribution in [0.4, 0.5) is 14.5 Å². The van der Waals surface area contributed by atoms with E-state index in [0.29, 0.717) is 5.69 Å². The molecule has 4 N–H and O–H groups in total. The number of anilines is 1. The summed E-state index contributed by atoms with van der Waals surface area (Å²) in [5, 5.41) is 4.92. The second kappa shape index (κ2) is 4.61. The number of primary amides is 1. The Hall–Kier alpha value is -1.96. The maximum atomic E-state index is 13.0. The number of alkyl halides is 2. The summed E-state index contributed by atoms with van der Waals surface area (Å²) in [6, 6.07) is 0.458. The lowest BCUT2D eigenvalue weighted by Crippen LogP contribution is -2.35. The van der Waals surface area contributed by atoms with Gasteiger partial charge in [0.15, 0.2) is 0 Å². The van der Waals surface area contributed by atoms with E-state index in [1.54, 1.807) is 7.05 Å². The molecule has 0 radical (unpaired) electrons. The van der Waals surface area contributed by atoms with Gasteiger partial charge in [0.1, 0.15) is 5.69 Å². The molecule has 1 unspecified atom stereocenters. The molecule has 1 aliphatic heterocycles. The van der Waals surface area contributed by atoms with Crippen molar-refractivity contribution in [2.75, 3.05) is 11.9 Å². The highest BCUT2D eigenvalue weighted by molar-refractivity contribution is 5.97. The Morgan fingerprint density at radius 3 is 2.74 bits per heavy atom. The van der Waals surface area contributed by atoms with Crippen LogP contribution in [0.1, 0.15) is 16.9 Å². The lowest BCUT2D eigenvalue weighted by atomic mass is 10.2. The Balaban J connectivity index is 2.04. The van der Waals surface area contributed by atoms with E-state index in [4.69, 9.17) is 5.73 Å². The number of hydrogen-bond acceptors (Lipinski definition) is 3. The highest BCUT2D eigenvalue weighted by Crippen LogP contribution is 2.25. The van der Waals surface area contributed by atoms with Crippen molar-refractivity contribution in [1.82, 2.24) is 9.88 Å². The summed E-state index contributed by atoms with van der Waals surface area (Å²) in [4.78, 5) is 22.8. The number of carbonyl (C=O) groups is 2. The standard InChI is InChI=1S/C11H14F2N4O2/c1-17-4-6(2-8(17)9(14)18)16-10(19)7-3-11(12,13)5-15-7/h2,4,7,15H,3,5H2,1H3,(H2,14,18)(H,16,19). The van der Waals surface area contributed by atoms with Gasteiger partial charge in [0, 0.05) is 19.7 Å². The van der Waals surface area contributed by atoms with E-state index in [-0.39, 0.29) is 5.69 Å². The third kappa shape index (κ3) is 2.90. The first-order valence-electron chi connectivity index (χ1n) is 5.67. The zero-order chi connectivity index (χ0) is 14.2. The fraction of sp³-hybridized carbons (Fsp3) is 0.455. The van der Waals surface area contributed by atoms with Gasteiger partial charge in [0.2, 0.25) is 5.91 Å². The van der Waals surface area contributed by atoms with E-state index < -0.39 is 36.7 Å². The predicted octanol–water partition coefficient (Wildman–Crippen LogP) is 0.0597. The highest BCUT2D eigenvalue weighted by Gasteiger charge is 2.42. The number of rotatable bonds is 3. The molecular weight excluding hydrogens is 258 g/mol. The molecule has 2 rings (SSSR count). The monoisotopic (exact) mass is 272 g/mol. The van der Waals surface area contributed by atoms with Crippen molar-refractivity contribution >= 4 is 17.5 Å². The van der Waals surface area contributed by atoms with Crippen LogP contribution in [0.15, 0.2) is 12.3 Å². The van der Waals surface area contributed by atoms with Crippen molar-refractivity contribution in [3.8, 4) is 0 Å². The van der Waals surface area contributed by atoms with Gasteiger partial charge in [0.25, 0.3) is 11.8 Å². The van der Waals surface area contributed by atoms with Crippen LogP contribution in [-0.4, -0.2) is 34.9 Å². The second-order valence-electron chi connectivity index (χ2n) is 4.57. The van der Waals surface area contributed by atoms with E-state index in [2.05, 4.69) is 10.6 Å². The molecule has 0 saturated carbocycles. The Morgan fingerprint density at radius 2 is 2.26 bits per heavy atom. The molecule has 1 aromatic rings. The molecule has 0 spiro atoms. The van der Waals surface area contributed by atoms with Crippen LogP contribution in [0, 0.1) is 0 Å². The summed E-state index contributed by atoms with van der Waals surface area (Å²) >= 11 is 0. The lowest BCUT2D eigenvalue weighted by molar-refractivity contribution is -0.118. The van der Waals surface area contributed by atoms with Gasteiger partial charge in [-0.2, -0.15) is 0 Å². The summed E-state index contributed by atoms with van der Waals surface area (Å²) in [6.45, 7) is -0.508. The van der Waals surface area contributed by atoms with Gasteiger partial charge < -0.3 is 15.6 Å². The first-order valence-corrected chi connectivity index (χ1v) is 5.67. The molecule has 1 atom stereocenters. The average Bonchev–Trinajstić information content (AvgIpc) is 2.81. The van der Waals surface area contributed by atoms with Gasteiger partial charge in [-0.05, 0) is 6.07 Å². The number of nitrogens with zero attached hydrogens (tertiary/aromatic N) is 1. The molecule has 2 amide bonds. The van der Waals surface area contributed by atoms with Crippen molar-refractivity contribution in [3.05, 3.63) is 18.0 Å². The van der Waals surface area contributed by atoms with E-state index >= 15 is 0 Å². The SMILES string of the molecule is Cn1cc(NC(=O)C2CC(F)(F)CN2)cc1C(N)=O. The first kappa shape index (κ1) is 13.5. The first-order chi connectivity index (χ1) is 8.78. The maximum Gasteiger partial charge on any atom is 0.265 e. The molecule has 0 aromatic carbocycles. The average molecular weight is 272 g/mol. The largest absolute Gasteiger partial charge is 0.364 e. The fourth-order valence-electron chi connectivity index (χ4n) is 2.01. The third-order valence-corrected chi connectivity index (χ3v) is 2.95. The third-order valence-electron chi connectivity index (χ3n) is 2.95. The molecular formula is C11H14F2N4O2. The molecule has 8 heteroatoms. The molecule has 1 aromatic heterocycles. The molecule has 1 saturated heterocycles. The number of nitrogens with one attached hydrogen (secondary N) is 2. The second-order valence-corrected chi connectivity index (χ2v) is 4.57. The van der Waals surface area contributed by atoms with E-state index in [0.717, 1.165) is 0 Å². The molecule has 6 nitrogen and oxygen atoms in total. The Bertz CT molecular complexity index is 527. The van der Waals surface area contributed by atoms with Crippen LogP contribution in [0.25, 0.3) is 0 Å². The van der Waals surface area contributed by atoms with Crippen LogP contribution in [-0.2, 0) is 11.8 Å². The minimum absolute atomic E-state index is 0.222. The number of hydrogen-bond donors (Lipinski definition) is 3. The summed E-state index contributed by atoms with van der Waals surface area (Å²) in [6.07, 6.45) is 0.958. The molecule has 19 heavy (non-hydrogen) atoms. The van der Waals surface area contributed by atoms with Crippen molar-refractivity contribution in [2.24, 2.45) is 12.8 Å². The summed E-state index contributed by atoms with van der Waals surface area (Å²) in [5.74, 6) is -4.05. The number of nitrogens with two attached hydrogens (primary N) is 1. The van der Waals surface area contributed by atoms with E-state index in [1.165, 1.54) is 16.8 Å². The molecule has 0 aliphatic carbocycles. The molecule has 1 aliphatic rings. The predicted molar refractivity (Wildman–Crippen MR) is 63.9 cm³/mol. The zero-order valence-corrected chi connectivity index (χ0v) is 10.2. The fourth-order valence-corrected chi connectivity index (χ4v) is 2.01. The Labute approximate surface area is 107 Å². The van der Waals surface area contributed by atoms with Crippen LogP contribution in [0.5, 0.6) is 0 Å². The van der Waals surface area contributed by atoms with Crippen LogP contribution >= 0.6 is 0 Å². The van der Waals surface area contributed by atoms with Gasteiger partial charge in [-0.15, -0.1) is 0 Å².